The lowest BCUT2D eigenvalue weighted by molar-refractivity contribution is 0.0207. The fourth-order valence-corrected chi connectivity index (χ4v) is 1.98. The number of carbonyl (C=O) groups is 1. The van der Waals surface area contributed by atoms with Gasteiger partial charge in [0.05, 0.1) is 6.61 Å². The van der Waals surface area contributed by atoms with E-state index < -0.39 is 18.3 Å². The first-order valence-electron chi connectivity index (χ1n) is 5.19. The Bertz CT molecular complexity index is 412. The third-order valence-electron chi connectivity index (χ3n) is 2.87. The second kappa shape index (κ2) is 4.01. The Kier molecular flexibility index (Phi) is 2.84. The van der Waals surface area contributed by atoms with Crippen LogP contribution in [0.3, 0.4) is 0 Å². The molecule has 3 N–H and O–H groups in total. The third-order valence-corrected chi connectivity index (χ3v) is 2.87. The van der Waals surface area contributed by atoms with E-state index in [1.807, 2.05) is 0 Å². The first kappa shape index (κ1) is 11.3. The van der Waals surface area contributed by atoms with Crippen LogP contribution in [-0.2, 0) is 4.74 Å². The molecule has 5 heteroatoms. The van der Waals surface area contributed by atoms with Gasteiger partial charge in [0.2, 0.25) is 0 Å². The zero-order valence-corrected chi connectivity index (χ0v) is 9.23. The Morgan fingerprint density at radius 1 is 1.56 bits per heavy atom. The maximum atomic E-state index is 11.3. The highest BCUT2D eigenvalue weighted by atomic mass is 16.5. The first-order chi connectivity index (χ1) is 7.50. The fourth-order valence-electron chi connectivity index (χ4n) is 1.98. The summed E-state index contributed by atoms with van der Waals surface area (Å²) in [5, 5.41) is 19.0. The molecule has 0 bridgehead atoms. The van der Waals surface area contributed by atoms with Crippen LogP contribution in [-0.4, -0.2) is 39.8 Å². The average Bonchev–Trinajstić information content (AvgIpc) is 2.73. The van der Waals surface area contributed by atoms with E-state index in [4.69, 9.17) is 4.74 Å². The van der Waals surface area contributed by atoms with Crippen LogP contribution in [0.25, 0.3) is 0 Å². The largest absolute Gasteiger partial charge is 0.388 e. The molecule has 1 aromatic heterocycles. The van der Waals surface area contributed by atoms with Crippen molar-refractivity contribution >= 4 is 5.78 Å². The number of ketones is 1. The first-order valence-corrected chi connectivity index (χ1v) is 5.19. The van der Waals surface area contributed by atoms with Gasteiger partial charge >= 0.3 is 0 Å². The minimum absolute atomic E-state index is 0.0342. The minimum atomic E-state index is -0.946. The van der Waals surface area contributed by atoms with Crippen LogP contribution in [0.5, 0.6) is 0 Å². The fraction of sp³-hybridized carbons (Fsp3) is 0.545. The molecule has 2 heterocycles. The summed E-state index contributed by atoms with van der Waals surface area (Å²) in [4.78, 5) is 14.3. The molecule has 88 valence electrons. The van der Waals surface area contributed by atoms with Crippen molar-refractivity contribution in [3.8, 4) is 0 Å². The van der Waals surface area contributed by atoms with Gasteiger partial charge in [0, 0.05) is 17.0 Å². The number of aromatic nitrogens is 1. The number of rotatable bonds is 2. The quantitative estimate of drug-likeness (QED) is 0.633. The number of aryl methyl sites for hydroxylation is 1. The highest BCUT2D eigenvalue weighted by Crippen LogP contribution is 2.30. The molecule has 0 spiro atoms. The van der Waals surface area contributed by atoms with Crippen molar-refractivity contribution in [1.82, 2.24) is 4.98 Å². The van der Waals surface area contributed by atoms with Crippen LogP contribution >= 0.6 is 0 Å². The van der Waals surface area contributed by atoms with Crippen LogP contribution in [0.2, 0.25) is 0 Å². The lowest BCUT2D eigenvalue weighted by Gasteiger charge is -2.12. The third kappa shape index (κ3) is 1.77. The van der Waals surface area contributed by atoms with Crippen molar-refractivity contribution in [3.05, 3.63) is 23.0 Å². The van der Waals surface area contributed by atoms with E-state index >= 15 is 0 Å². The molecule has 5 nitrogen and oxygen atoms in total. The molecule has 1 aromatic rings. The number of aliphatic hydroxyl groups excluding tert-OH is 2. The summed E-state index contributed by atoms with van der Waals surface area (Å²) < 4.78 is 5.27. The summed E-state index contributed by atoms with van der Waals surface area (Å²) in [5.74, 6) is -0.0342. The zero-order chi connectivity index (χ0) is 11.9. The van der Waals surface area contributed by atoms with Crippen LogP contribution < -0.4 is 0 Å². The van der Waals surface area contributed by atoms with Gasteiger partial charge in [-0.05, 0) is 19.9 Å². The van der Waals surface area contributed by atoms with Crippen LogP contribution in [0.15, 0.2) is 6.07 Å². The molecular formula is C11H15NO4. The van der Waals surface area contributed by atoms with Gasteiger partial charge < -0.3 is 19.9 Å². The van der Waals surface area contributed by atoms with E-state index in [1.54, 1.807) is 13.0 Å². The molecule has 3 atom stereocenters. The summed E-state index contributed by atoms with van der Waals surface area (Å²) in [6.45, 7) is 3.39. The Labute approximate surface area is 93.1 Å². The number of Topliss-reactive ketones (excluding diaryl/α,β-unsaturated/α-hetero) is 1. The molecule has 2 rings (SSSR count). The molecule has 0 radical (unpaired) electrons. The molecule has 0 aliphatic carbocycles. The molecule has 1 aliphatic rings. The Morgan fingerprint density at radius 2 is 2.25 bits per heavy atom. The van der Waals surface area contributed by atoms with Gasteiger partial charge in [-0.15, -0.1) is 0 Å². The van der Waals surface area contributed by atoms with Crippen molar-refractivity contribution in [2.24, 2.45) is 0 Å². The number of aromatic amines is 1. The van der Waals surface area contributed by atoms with Gasteiger partial charge in [-0.3, -0.25) is 4.79 Å². The number of H-pyrrole nitrogens is 1. The number of nitrogens with one attached hydrogen (secondary N) is 1. The van der Waals surface area contributed by atoms with Crippen LogP contribution in [0.1, 0.15) is 34.8 Å². The summed E-state index contributed by atoms with van der Waals surface area (Å²) in [6, 6.07) is 1.67. The highest BCUT2D eigenvalue weighted by Gasteiger charge is 2.36. The topological polar surface area (TPSA) is 82.6 Å². The Morgan fingerprint density at radius 3 is 2.69 bits per heavy atom. The number of ether oxygens (including phenoxy) is 1. The number of aliphatic hydroxyl groups is 2. The predicted octanol–water partition coefficient (Wildman–Crippen LogP) is 0.319. The SMILES string of the molecule is CC(=O)c1cc([C@H]2OC[C@@H](O)[C@@H]2O)[nH]c1C. The molecule has 0 amide bonds. The van der Waals surface area contributed by atoms with E-state index in [2.05, 4.69) is 4.98 Å². The predicted molar refractivity (Wildman–Crippen MR) is 56.2 cm³/mol. The maximum Gasteiger partial charge on any atom is 0.161 e. The van der Waals surface area contributed by atoms with E-state index in [9.17, 15) is 15.0 Å². The molecule has 0 aromatic carbocycles. The highest BCUT2D eigenvalue weighted by molar-refractivity contribution is 5.95. The van der Waals surface area contributed by atoms with Crippen molar-refractivity contribution in [2.45, 2.75) is 32.2 Å². The lowest BCUT2D eigenvalue weighted by atomic mass is 10.1. The van der Waals surface area contributed by atoms with Gasteiger partial charge in [0.25, 0.3) is 0 Å². The smallest absolute Gasteiger partial charge is 0.161 e. The average molecular weight is 225 g/mol. The van der Waals surface area contributed by atoms with E-state index in [1.165, 1.54) is 6.92 Å². The summed E-state index contributed by atoms with van der Waals surface area (Å²) in [7, 11) is 0. The van der Waals surface area contributed by atoms with Gasteiger partial charge in [-0.2, -0.15) is 0 Å². The van der Waals surface area contributed by atoms with E-state index in [0.29, 0.717) is 11.3 Å². The van der Waals surface area contributed by atoms with Gasteiger partial charge in [0.15, 0.2) is 5.78 Å². The summed E-state index contributed by atoms with van der Waals surface area (Å²) in [5.41, 5.74) is 1.97. The van der Waals surface area contributed by atoms with Crippen molar-refractivity contribution in [2.75, 3.05) is 6.61 Å². The summed E-state index contributed by atoms with van der Waals surface area (Å²) >= 11 is 0. The van der Waals surface area contributed by atoms with Crippen LogP contribution in [0.4, 0.5) is 0 Å². The normalized spacial score (nSPS) is 29.6. The summed E-state index contributed by atoms with van der Waals surface area (Å²) in [6.07, 6.45) is -2.39. The molecular weight excluding hydrogens is 210 g/mol. The van der Waals surface area contributed by atoms with Crippen LogP contribution in [0, 0.1) is 6.92 Å². The zero-order valence-electron chi connectivity index (χ0n) is 9.23. The van der Waals surface area contributed by atoms with Gasteiger partial charge in [0.1, 0.15) is 18.3 Å². The minimum Gasteiger partial charge on any atom is -0.388 e. The Hall–Kier alpha value is -1.17. The number of hydrogen-bond donors (Lipinski definition) is 3. The second-order valence-electron chi connectivity index (χ2n) is 4.13. The van der Waals surface area contributed by atoms with Gasteiger partial charge in [-0.25, -0.2) is 0 Å². The van der Waals surface area contributed by atoms with Crippen molar-refractivity contribution in [3.63, 3.8) is 0 Å². The number of hydrogen-bond acceptors (Lipinski definition) is 4. The molecule has 1 aliphatic heterocycles. The molecule has 0 saturated carbocycles. The Balaban J connectivity index is 2.28. The molecule has 1 saturated heterocycles. The standard InChI is InChI=1S/C11H15NO4/c1-5-7(6(2)13)3-8(12-5)11-10(15)9(14)4-16-11/h3,9-12,14-15H,4H2,1-2H3/t9-,10+,11-/m1/s1. The number of carbonyl (C=O) groups excluding carboxylic acids is 1. The van der Waals surface area contributed by atoms with E-state index in [-0.39, 0.29) is 12.4 Å². The van der Waals surface area contributed by atoms with Crippen molar-refractivity contribution < 1.29 is 19.7 Å². The molecule has 16 heavy (non-hydrogen) atoms. The molecule has 1 fully saturated rings. The lowest BCUT2D eigenvalue weighted by Crippen LogP contribution is -2.25. The monoisotopic (exact) mass is 225 g/mol. The molecule has 0 unspecified atom stereocenters. The second-order valence-corrected chi connectivity index (χ2v) is 4.13. The van der Waals surface area contributed by atoms with Gasteiger partial charge in [-0.1, -0.05) is 0 Å². The van der Waals surface area contributed by atoms with Crippen molar-refractivity contribution in [1.29, 1.82) is 0 Å². The van der Waals surface area contributed by atoms with E-state index in [0.717, 1.165) is 5.69 Å². The maximum absolute atomic E-state index is 11.3.